The number of ketones is 1. The summed E-state index contributed by atoms with van der Waals surface area (Å²) < 4.78 is 7.56. The van der Waals surface area contributed by atoms with E-state index in [2.05, 4.69) is 31.0 Å². The van der Waals surface area contributed by atoms with E-state index < -0.39 is 6.10 Å². The van der Waals surface area contributed by atoms with Crippen LogP contribution in [0.15, 0.2) is 42.7 Å². The van der Waals surface area contributed by atoms with Gasteiger partial charge in [0.15, 0.2) is 5.78 Å². The van der Waals surface area contributed by atoms with Crippen LogP contribution in [0, 0.1) is 13.8 Å². The molecular formula is C20H22N2O3. The van der Waals surface area contributed by atoms with Gasteiger partial charge in [0.05, 0.1) is 23.9 Å². The molecule has 0 bridgehead atoms. The highest BCUT2D eigenvalue weighted by Gasteiger charge is 2.11. The van der Waals surface area contributed by atoms with Crippen LogP contribution in [0.4, 0.5) is 0 Å². The number of benzene rings is 2. The van der Waals surface area contributed by atoms with Crippen molar-refractivity contribution in [2.75, 3.05) is 6.61 Å². The summed E-state index contributed by atoms with van der Waals surface area (Å²) in [5.74, 6) is 0.565. The van der Waals surface area contributed by atoms with Gasteiger partial charge in [-0.2, -0.15) is 0 Å². The predicted molar refractivity (Wildman–Crippen MR) is 97.2 cm³/mol. The van der Waals surface area contributed by atoms with Crippen molar-refractivity contribution in [3.05, 3.63) is 59.4 Å². The van der Waals surface area contributed by atoms with E-state index in [0.29, 0.717) is 17.9 Å². The van der Waals surface area contributed by atoms with Crippen molar-refractivity contribution in [1.82, 2.24) is 9.55 Å². The molecule has 0 aliphatic rings. The number of aliphatic hydroxyl groups is 1. The molecule has 2 aromatic carbocycles. The second kappa shape index (κ2) is 7.07. The molecule has 1 heterocycles. The Morgan fingerprint density at radius 1 is 1.24 bits per heavy atom. The van der Waals surface area contributed by atoms with Gasteiger partial charge in [0.25, 0.3) is 0 Å². The summed E-state index contributed by atoms with van der Waals surface area (Å²) in [5, 5.41) is 10.3. The summed E-state index contributed by atoms with van der Waals surface area (Å²) in [7, 11) is 0. The van der Waals surface area contributed by atoms with E-state index in [1.54, 1.807) is 30.6 Å². The van der Waals surface area contributed by atoms with E-state index in [9.17, 15) is 9.90 Å². The summed E-state index contributed by atoms with van der Waals surface area (Å²) in [6.07, 6.45) is 1.06. The van der Waals surface area contributed by atoms with Crippen LogP contribution in [-0.4, -0.2) is 33.2 Å². The van der Waals surface area contributed by atoms with Crippen molar-refractivity contribution in [2.24, 2.45) is 0 Å². The highest BCUT2D eigenvalue weighted by molar-refractivity contribution is 5.94. The smallest absolute Gasteiger partial charge is 0.159 e. The van der Waals surface area contributed by atoms with Crippen LogP contribution < -0.4 is 4.74 Å². The van der Waals surface area contributed by atoms with Gasteiger partial charge in [0, 0.05) is 5.56 Å². The Kier molecular flexibility index (Phi) is 4.86. The maximum Gasteiger partial charge on any atom is 0.159 e. The average Bonchev–Trinajstić information content (AvgIpc) is 2.95. The number of carbonyl (C=O) groups excluding carboxylic acids is 1. The quantitative estimate of drug-likeness (QED) is 0.701. The van der Waals surface area contributed by atoms with E-state index in [1.165, 1.54) is 18.1 Å². The normalized spacial score (nSPS) is 12.3. The molecule has 3 aromatic rings. The van der Waals surface area contributed by atoms with Gasteiger partial charge in [-0.05, 0) is 56.2 Å². The molecule has 0 spiro atoms. The lowest BCUT2D eigenvalue weighted by Crippen LogP contribution is -2.23. The molecule has 0 aliphatic heterocycles. The molecule has 5 heteroatoms. The zero-order valence-corrected chi connectivity index (χ0v) is 14.7. The van der Waals surface area contributed by atoms with Gasteiger partial charge in [0.1, 0.15) is 18.5 Å². The maximum absolute atomic E-state index is 11.4. The first-order valence-corrected chi connectivity index (χ1v) is 8.28. The van der Waals surface area contributed by atoms with Gasteiger partial charge in [0.2, 0.25) is 0 Å². The fourth-order valence-electron chi connectivity index (χ4n) is 2.74. The number of Topliss-reactive ketones (excluding diaryl/α,β-unsaturated/α-hetero) is 1. The van der Waals surface area contributed by atoms with Crippen molar-refractivity contribution < 1.29 is 14.6 Å². The lowest BCUT2D eigenvalue weighted by atomic mass is 10.1. The lowest BCUT2D eigenvalue weighted by Gasteiger charge is -2.14. The molecule has 0 unspecified atom stereocenters. The molecule has 0 amide bonds. The Hall–Kier alpha value is -2.66. The molecule has 1 aromatic heterocycles. The summed E-state index contributed by atoms with van der Waals surface area (Å²) in [4.78, 5) is 15.8. The third-order valence-corrected chi connectivity index (χ3v) is 4.33. The topological polar surface area (TPSA) is 64.3 Å². The molecule has 0 radical (unpaired) electrons. The second-order valence-electron chi connectivity index (χ2n) is 6.37. The SMILES string of the molecule is CC(=O)c1cccc(OC[C@H](O)Cn2cnc3cc(C)c(C)cc32)c1. The number of hydrogen-bond donors (Lipinski definition) is 1. The number of imidazole rings is 1. The van der Waals surface area contributed by atoms with Crippen LogP contribution >= 0.6 is 0 Å². The number of aliphatic hydroxyl groups excluding tert-OH is 1. The van der Waals surface area contributed by atoms with Crippen LogP contribution in [0.1, 0.15) is 28.4 Å². The molecule has 3 rings (SSSR count). The molecule has 130 valence electrons. The van der Waals surface area contributed by atoms with Gasteiger partial charge in [-0.3, -0.25) is 4.79 Å². The van der Waals surface area contributed by atoms with Crippen molar-refractivity contribution in [3.8, 4) is 5.75 Å². The Balaban J connectivity index is 1.67. The van der Waals surface area contributed by atoms with E-state index in [4.69, 9.17) is 4.74 Å². The van der Waals surface area contributed by atoms with Crippen LogP contribution in [-0.2, 0) is 6.54 Å². The number of hydrogen-bond acceptors (Lipinski definition) is 4. The molecule has 0 saturated heterocycles. The van der Waals surface area contributed by atoms with E-state index >= 15 is 0 Å². The number of fused-ring (bicyclic) bond motifs is 1. The number of aryl methyl sites for hydroxylation is 2. The van der Waals surface area contributed by atoms with Crippen LogP contribution in [0.3, 0.4) is 0 Å². The second-order valence-corrected chi connectivity index (χ2v) is 6.37. The first-order valence-electron chi connectivity index (χ1n) is 8.28. The van der Waals surface area contributed by atoms with Crippen LogP contribution in [0.2, 0.25) is 0 Å². The number of rotatable bonds is 6. The Labute approximate surface area is 146 Å². The van der Waals surface area contributed by atoms with Crippen molar-refractivity contribution in [1.29, 1.82) is 0 Å². The Bertz CT molecular complexity index is 914. The van der Waals surface area contributed by atoms with Gasteiger partial charge < -0.3 is 14.4 Å². The molecule has 0 aliphatic carbocycles. The Morgan fingerprint density at radius 3 is 2.76 bits per heavy atom. The average molecular weight is 338 g/mol. The molecule has 1 atom stereocenters. The molecule has 1 N–H and O–H groups in total. The summed E-state index contributed by atoms with van der Waals surface area (Å²) in [6.45, 7) is 6.18. The van der Waals surface area contributed by atoms with Gasteiger partial charge in [-0.1, -0.05) is 12.1 Å². The minimum Gasteiger partial charge on any atom is -0.491 e. The highest BCUT2D eigenvalue weighted by atomic mass is 16.5. The van der Waals surface area contributed by atoms with Crippen LogP contribution in [0.5, 0.6) is 5.75 Å². The van der Waals surface area contributed by atoms with Gasteiger partial charge >= 0.3 is 0 Å². The number of nitrogens with zero attached hydrogens (tertiary/aromatic N) is 2. The van der Waals surface area contributed by atoms with Crippen molar-refractivity contribution in [3.63, 3.8) is 0 Å². The molecule has 25 heavy (non-hydrogen) atoms. The zero-order chi connectivity index (χ0) is 18.0. The van der Waals surface area contributed by atoms with E-state index in [0.717, 1.165) is 11.0 Å². The molecule has 5 nitrogen and oxygen atoms in total. The fourth-order valence-corrected chi connectivity index (χ4v) is 2.74. The summed E-state index contributed by atoms with van der Waals surface area (Å²) >= 11 is 0. The monoisotopic (exact) mass is 338 g/mol. The molecule has 0 saturated carbocycles. The minimum atomic E-state index is -0.681. The van der Waals surface area contributed by atoms with Gasteiger partial charge in [-0.25, -0.2) is 4.98 Å². The van der Waals surface area contributed by atoms with Crippen LogP contribution in [0.25, 0.3) is 11.0 Å². The first-order chi connectivity index (χ1) is 11.9. The van der Waals surface area contributed by atoms with Gasteiger partial charge in [-0.15, -0.1) is 0 Å². The standard InChI is InChI=1S/C20H22N2O3/c1-13-7-19-20(8-14(13)2)22(12-21-19)10-17(24)11-25-18-6-4-5-16(9-18)15(3)23/h4-9,12,17,24H,10-11H2,1-3H3/t17-/m1/s1. The zero-order valence-electron chi connectivity index (χ0n) is 14.7. The van der Waals surface area contributed by atoms with E-state index in [1.807, 2.05) is 4.57 Å². The summed E-state index contributed by atoms with van der Waals surface area (Å²) in [5.41, 5.74) is 4.91. The third-order valence-electron chi connectivity index (χ3n) is 4.33. The third kappa shape index (κ3) is 3.88. The molecule has 0 fully saturated rings. The number of aromatic nitrogens is 2. The van der Waals surface area contributed by atoms with Crippen molar-refractivity contribution >= 4 is 16.8 Å². The Morgan fingerprint density at radius 2 is 2.00 bits per heavy atom. The first kappa shape index (κ1) is 17.2. The number of carbonyl (C=O) groups is 1. The maximum atomic E-state index is 11.4. The van der Waals surface area contributed by atoms with Crippen molar-refractivity contribution in [2.45, 2.75) is 33.4 Å². The fraction of sp³-hybridized carbons (Fsp3) is 0.300. The largest absolute Gasteiger partial charge is 0.491 e. The minimum absolute atomic E-state index is 0.0125. The molecular weight excluding hydrogens is 316 g/mol. The summed E-state index contributed by atoms with van der Waals surface area (Å²) in [6, 6.07) is 11.1. The predicted octanol–water partition coefficient (Wildman–Crippen LogP) is 3.30. The lowest BCUT2D eigenvalue weighted by molar-refractivity contribution is 0.0932. The highest BCUT2D eigenvalue weighted by Crippen LogP contribution is 2.19. The number of ether oxygens (including phenoxy) is 1. The van der Waals surface area contributed by atoms with E-state index in [-0.39, 0.29) is 12.4 Å².